The number of benzene rings is 2. The fourth-order valence-corrected chi connectivity index (χ4v) is 3.90. The molecule has 2 heterocycles. The van der Waals surface area contributed by atoms with Gasteiger partial charge in [0.25, 0.3) is 0 Å². The van der Waals surface area contributed by atoms with Crippen molar-refractivity contribution in [1.82, 2.24) is 14.3 Å². The van der Waals surface area contributed by atoms with E-state index in [1.807, 2.05) is 94.6 Å². The number of anilines is 1. The summed E-state index contributed by atoms with van der Waals surface area (Å²) in [5, 5.41) is 7.51. The third-order valence-electron chi connectivity index (χ3n) is 4.53. The van der Waals surface area contributed by atoms with Gasteiger partial charge in [-0.05, 0) is 48.5 Å². The fourth-order valence-electron chi connectivity index (χ4n) is 3.11. The van der Waals surface area contributed by atoms with Crippen molar-refractivity contribution < 1.29 is 9.53 Å². The number of hydrogen-bond donors (Lipinski definition) is 1. The summed E-state index contributed by atoms with van der Waals surface area (Å²) < 4.78 is 9.11. The Morgan fingerprint density at radius 1 is 1.03 bits per heavy atom. The van der Waals surface area contributed by atoms with Crippen LogP contribution in [-0.4, -0.2) is 33.1 Å². The van der Waals surface area contributed by atoms with Crippen LogP contribution in [0.1, 0.15) is 5.56 Å². The van der Waals surface area contributed by atoms with Crippen molar-refractivity contribution in [3.63, 3.8) is 0 Å². The van der Waals surface area contributed by atoms with Gasteiger partial charge in [0.2, 0.25) is 5.91 Å². The second-order valence-electron chi connectivity index (χ2n) is 6.60. The van der Waals surface area contributed by atoms with Crippen molar-refractivity contribution in [2.45, 2.75) is 5.75 Å². The molecule has 0 aliphatic carbocycles. The molecule has 6 nitrogen and oxygen atoms in total. The summed E-state index contributed by atoms with van der Waals surface area (Å²) in [5.41, 5.74) is 2.82. The van der Waals surface area contributed by atoms with Crippen LogP contribution < -0.4 is 10.1 Å². The van der Waals surface area contributed by atoms with Gasteiger partial charge in [-0.3, -0.25) is 4.79 Å². The molecule has 1 N–H and O–H groups in total. The number of nitrogens with zero attached hydrogens (tertiary/aromatic N) is 3. The van der Waals surface area contributed by atoms with Crippen molar-refractivity contribution in [3.8, 4) is 17.3 Å². The zero-order valence-corrected chi connectivity index (χ0v) is 17.4. The molecule has 2 aromatic heterocycles. The zero-order chi connectivity index (χ0) is 20.8. The first-order chi connectivity index (χ1) is 14.7. The Morgan fingerprint density at radius 2 is 1.77 bits per heavy atom. The van der Waals surface area contributed by atoms with E-state index in [9.17, 15) is 4.79 Å². The summed E-state index contributed by atoms with van der Waals surface area (Å²) in [6, 6.07) is 21.3. The van der Waals surface area contributed by atoms with Crippen LogP contribution >= 0.6 is 11.8 Å². The molecule has 0 radical (unpaired) electrons. The maximum absolute atomic E-state index is 12.3. The first kappa shape index (κ1) is 19.8. The molecular formula is C23H22N4O2S. The maximum Gasteiger partial charge on any atom is 0.234 e. The van der Waals surface area contributed by atoms with E-state index in [0.717, 1.165) is 28.5 Å². The lowest BCUT2D eigenvalue weighted by molar-refractivity contribution is -0.113. The predicted octanol–water partition coefficient (Wildman–Crippen LogP) is 4.54. The van der Waals surface area contributed by atoms with E-state index in [1.165, 1.54) is 0 Å². The van der Waals surface area contributed by atoms with Crippen molar-refractivity contribution in [1.29, 1.82) is 0 Å². The third kappa shape index (κ3) is 4.58. The molecule has 7 heteroatoms. The maximum atomic E-state index is 12.3. The molecule has 0 fully saturated rings. The molecule has 2 aromatic carbocycles. The van der Waals surface area contributed by atoms with Gasteiger partial charge in [0.15, 0.2) is 0 Å². The Kier molecular flexibility index (Phi) is 6.20. The second-order valence-corrected chi connectivity index (χ2v) is 7.59. The second kappa shape index (κ2) is 9.37. The first-order valence-corrected chi connectivity index (χ1v) is 10.7. The summed E-state index contributed by atoms with van der Waals surface area (Å²) >= 11 is 1.56. The minimum atomic E-state index is -0.0388. The minimum absolute atomic E-state index is 0.0388. The van der Waals surface area contributed by atoms with E-state index in [0.29, 0.717) is 11.5 Å². The van der Waals surface area contributed by atoms with E-state index in [-0.39, 0.29) is 5.91 Å². The predicted molar refractivity (Wildman–Crippen MR) is 121 cm³/mol. The van der Waals surface area contributed by atoms with Gasteiger partial charge in [0.05, 0.1) is 24.7 Å². The fraction of sp³-hybridized carbons (Fsp3) is 0.130. The van der Waals surface area contributed by atoms with Crippen LogP contribution in [-0.2, 0) is 10.5 Å². The molecule has 4 aromatic rings. The van der Waals surface area contributed by atoms with Gasteiger partial charge in [0, 0.05) is 29.4 Å². The molecular weight excluding hydrogens is 396 g/mol. The van der Waals surface area contributed by atoms with Crippen LogP contribution in [0.25, 0.3) is 11.5 Å². The number of thioether (sulfide) groups is 1. The average molecular weight is 419 g/mol. The lowest BCUT2D eigenvalue weighted by Crippen LogP contribution is -2.14. The normalized spacial score (nSPS) is 10.7. The van der Waals surface area contributed by atoms with Crippen molar-refractivity contribution in [2.75, 3.05) is 18.2 Å². The zero-order valence-electron chi connectivity index (χ0n) is 16.6. The van der Waals surface area contributed by atoms with Crippen molar-refractivity contribution >= 4 is 23.4 Å². The van der Waals surface area contributed by atoms with E-state index >= 15 is 0 Å². The van der Waals surface area contributed by atoms with E-state index < -0.39 is 0 Å². The number of ether oxygens (including phenoxy) is 1. The van der Waals surface area contributed by atoms with E-state index in [2.05, 4.69) is 10.4 Å². The van der Waals surface area contributed by atoms with Crippen LogP contribution in [0.2, 0.25) is 0 Å². The van der Waals surface area contributed by atoms with Gasteiger partial charge in [0.1, 0.15) is 11.6 Å². The number of nitrogens with one attached hydrogen (secondary N) is 1. The van der Waals surface area contributed by atoms with Crippen LogP contribution in [0, 0.1) is 0 Å². The molecule has 0 spiro atoms. The first-order valence-electron chi connectivity index (χ1n) is 9.52. The van der Waals surface area contributed by atoms with E-state index in [4.69, 9.17) is 4.74 Å². The van der Waals surface area contributed by atoms with Gasteiger partial charge >= 0.3 is 0 Å². The molecule has 0 bridgehead atoms. The molecule has 4 rings (SSSR count). The number of aromatic nitrogens is 3. The van der Waals surface area contributed by atoms with Gasteiger partial charge < -0.3 is 14.6 Å². The van der Waals surface area contributed by atoms with Crippen LogP contribution in [0.5, 0.6) is 5.75 Å². The SMILES string of the molecule is COc1ccc(NC(=O)CSCc2cnn(-c3ccccc3)c2-n2cccc2)cc1. The third-order valence-corrected chi connectivity index (χ3v) is 5.51. The highest BCUT2D eigenvalue weighted by Crippen LogP contribution is 2.24. The van der Waals surface area contributed by atoms with Crippen molar-refractivity contribution in [3.05, 3.63) is 90.9 Å². The Morgan fingerprint density at radius 3 is 2.47 bits per heavy atom. The number of carbonyl (C=O) groups is 1. The molecule has 0 aliphatic rings. The average Bonchev–Trinajstić information content (AvgIpc) is 3.44. The quantitative estimate of drug-likeness (QED) is 0.456. The molecule has 30 heavy (non-hydrogen) atoms. The lowest BCUT2D eigenvalue weighted by atomic mass is 10.3. The molecule has 0 saturated heterocycles. The Bertz CT molecular complexity index is 1090. The Hall–Kier alpha value is -3.45. The van der Waals surface area contributed by atoms with Crippen LogP contribution in [0.3, 0.4) is 0 Å². The van der Waals surface area contributed by atoms with Gasteiger partial charge in [-0.15, -0.1) is 11.8 Å². The molecule has 0 aliphatic heterocycles. The molecule has 152 valence electrons. The highest BCUT2D eigenvalue weighted by Gasteiger charge is 2.14. The van der Waals surface area contributed by atoms with Gasteiger partial charge in [-0.2, -0.15) is 5.10 Å². The van der Waals surface area contributed by atoms with Gasteiger partial charge in [-0.25, -0.2) is 4.68 Å². The summed E-state index contributed by atoms with van der Waals surface area (Å²) in [6.45, 7) is 0. The summed E-state index contributed by atoms with van der Waals surface area (Å²) in [4.78, 5) is 12.3. The number of amides is 1. The van der Waals surface area contributed by atoms with E-state index in [1.54, 1.807) is 18.9 Å². The molecule has 1 amide bonds. The Balaban J connectivity index is 1.43. The van der Waals surface area contributed by atoms with Crippen LogP contribution in [0.4, 0.5) is 5.69 Å². The number of methoxy groups -OCH3 is 1. The number of carbonyl (C=O) groups excluding carboxylic acids is 1. The Labute approximate surface area is 179 Å². The minimum Gasteiger partial charge on any atom is -0.497 e. The molecule has 0 saturated carbocycles. The lowest BCUT2D eigenvalue weighted by Gasteiger charge is -2.11. The number of para-hydroxylation sites is 1. The monoisotopic (exact) mass is 418 g/mol. The highest BCUT2D eigenvalue weighted by atomic mass is 32.2. The highest BCUT2D eigenvalue weighted by molar-refractivity contribution is 7.99. The number of rotatable bonds is 8. The largest absolute Gasteiger partial charge is 0.497 e. The number of hydrogen-bond acceptors (Lipinski definition) is 4. The summed E-state index contributed by atoms with van der Waals surface area (Å²) in [5.74, 6) is 2.73. The summed E-state index contributed by atoms with van der Waals surface area (Å²) in [6.07, 6.45) is 5.87. The topological polar surface area (TPSA) is 61.1 Å². The van der Waals surface area contributed by atoms with Crippen molar-refractivity contribution in [2.24, 2.45) is 0 Å². The summed E-state index contributed by atoms with van der Waals surface area (Å²) in [7, 11) is 1.62. The smallest absolute Gasteiger partial charge is 0.234 e. The standard InChI is InChI=1S/C23H22N4O2S/c1-29-21-11-9-19(10-12-21)25-22(28)17-30-16-18-15-24-27(20-7-3-2-4-8-20)23(18)26-13-5-6-14-26/h2-15H,16-17H2,1H3,(H,25,28). The molecule has 0 unspecified atom stereocenters. The van der Waals surface area contributed by atoms with Crippen LogP contribution in [0.15, 0.2) is 85.3 Å². The van der Waals surface area contributed by atoms with Gasteiger partial charge in [-0.1, -0.05) is 18.2 Å². The molecule has 0 atom stereocenters.